The van der Waals surface area contributed by atoms with Crippen molar-refractivity contribution in [3.8, 4) is 0 Å². The highest BCUT2D eigenvalue weighted by molar-refractivity contribution is 4.78. The first-order chi connectivity index (χ1) is 9.36. The van der Waals surface area contributed by atoms with Gasteiger partial charge in [-0.25, -0.2) is 4.98 Å². The second kappa shape index (κ2) is 11.0. The van der Waals surface area contributed by atoms with E-state index >= 15 is 0 Å². The van der Waals surface area contributed by atoms with Crippen LogP contribution in [0.2, 0.25) is 0 Å². The van der Waals surface area contributed by atoms with Gasteiger partial charge in [0.25, 0.3) is 0 Å². The van der Waals surface area contributed by atoms with E-state index in [1.807, 2.05) is 4.68 Å². The molecular weight excluding hydrogens is 236 g/mol. The maximum absolute atomic E-state index is 5.48. The third-order valence-electron chi connectivity index (χ3n) is 3.51. The van der Waals surface area contributed by atoms with Crippen LogP contribution in [-0.4, -0.2) is 14.8 Å². The highest BCUT2D eigenvalue weighted by Crippen LogP contribution is 2.10. The van der Waals surface area contributed by atoms with Crippen molar-refractivity contribution in [2.45, 2.75) is 84.2 Å². The van der Waals surface area contributed by atoms with Gasteiger partial charge in [-0.15, -0.1) is 0 Å². The summed E-state index contributed by atoms with van der Waals surface area (Å²) in [5.41, 5.74) is 5.48. The Kier molecular flexibility index (Phi) is 9.33. The van der Waals surface area contributed by atoms with Crippen LogP contribution >= 0.6 is 0 Å². The molecule has 0 aliphatic heterocycles. The molecule has 19 heavy (non-hydrogen) atoms. The fourth-order valence-electron chi connectivity index (χ4n) is 2.30. The zero-order chi connectivity index (χ0) is 13.8. The largest absolute Gasteiger partial charge is 0.324 e. The molecule has 0 spiro atoms. The maximum atomic E-state index is 5.48. The number of hydrogen-bond acceptors (Lipinski definition) is 3. The Morgan fingerprint density at radius 1 is 0.947 bits per heavy atom. The monoisotopic (exact) mass is 266 g/mol. The molecule has 0 fully saturated rings. The van der Waals surface area contributed by atoms with Gasteiger partial charge in [0.2, 0.25) is 0 Å². The van der Waals surface area contributed by atoms with Crippen molar-refractivity contribution in [2.24, 2.45) is 5.73 Å². The lowest BCUT2D eigenvalue weighted by molar-refractivity contribution is 0.513. The SMILES string of the molecule is CCCCCCCCCCCCn1cnc(CN)n1. The van der Waals surface area contributed by atoms with E-state index in [4.69, 9.17) is 5.73 Å². The summed E-state index contributed by atoms with van der Waals surface area (Å²) >= 11 is 0. The van der Waals surface area contributed by atoms with Crippen LogP contribution in [0, 0.1) is 0 Å². The van der Waals surface area contributed by atoms with Crippen molar-refractivity contribution in [2.75, 3.05) is 0 Å². The van der Waals surface area contributed by atoms with Crippen LogP contribution in [0.1, 0.15) is 77.0 Å². The third-order valence-corrected chi connectivity index (χ3v) is 3.51. The molecule has 0 amide bonds. The Morgan fingerprint density at radius 3 is 2.05 bits per heavy atom. The molecule has 4 nitrogen and oxygen atoms in total. The molecule has 0 radical (unpaired) electrons. The molecular formula is C15H30N4. The summed E-state index contributed by atoms with van der Waals surface area (Å²) in [7, 11) is 0. The van der Waals surface area contributed by atoms with E-state index in [1.165, 1.54) is 64.2 Å². The van der Waals surface area contributed by atoms with Gasteiger partial charge in [0.05, 0.1) is 6.54 Å². The van der Waals surface area contributed by atoms with Gasteiger partial charge in [-0.2, -0.15) is 5.10 Å². The Morgan fingerprint density at radius 2 is 1.53 bits per heavy atom. The van der Waals surface area contributed by atoms with Crippen molar-refractivity contribution < 1.29 is 0 Å². The number of aromatic nitrogens is 3. The van der Waals surface area contributed by atoms with E-state index in [0.29, 0.717) is 6.54 Å². The van der Waals surface area contributed by atoms with Gasteiger partial charge in [-0.1, -0.05) is 64.7 Å². The predicted octanol–water partition coefficient (Wildman–Crippen LogP) is 3.66. The molecule has 1 aromatic rings. The molecule has 0 aliphatic rings. The normalized spacial score (nSPS) is 11.1. The minimum Gasteiger partial charge on any atom is -0.324 e. The molecule has 0 atom stereocenters. The average molecular weight is 266 g/mol. The lowest BCUT2D eigenvalue weighted by Crippen LogP contribution is -2.02. The number of nitrogens with two attached hydrogens (primary N) is 1. The summed E-state index contributed by atoms with van der Waals surface area (Å²) in [5.74, 6) is 0.743. The zero-order valence-electron chi connectivity index (χ0n) is 12.5. The first-order valence-electron chi connectivity index (χ1n) is 7.95. The van der Waals surface area contributed by atoms with Crippen LogP contribution in [0.4, 0.5) is 0 Å². The molecule has 1 heterocycles. The van der Waals surface area contributed by atoms with Gasteiger partial charge < -0.3 is 5.73 Å². The third kappa shape index (κ3) is 7.98. The smallest absolute Gasteiger partial charge is 0.164 e. The first kappa shape index (κ1) is 16.2. The second-order valence-corrected chi connectivity index (χ2v) is 5.31. The second-order valence-electron chi connectivity index (χ2n) is 5.31. The molecule has 110 valence electrons. The topological polar surface area (TPSA) is 56.7 Å². The molecule has 1 rings (SSSR count). The van der Waals surface area contributed by atoms with E-state index in [1.54, 1.807) is 6.33 Å². The summed E-state index contributed by atoms with van der Waals surface area (Å²) < 4.78 is 1.91. The van der Waals surface area contributed by atoms with Crippen molar-refractivity contribution in [1.82, 2.24) is 14.8 Å². The molecule has 0 saturated carbocycles. The first-order valence-corrected chi connectivity index (χ1v) is 7.95. The van der Waals surface area contributed by atoms with Crippen molar-refractivity contribution >= 4 is 0 Å². The highest BCUT2D eigenvalue weighted by Gasteiger charge is 1.98. The summed E-state index contributed by atoms with van der Waals surface area (Å²) in [4.78, 5) is 4.13. The van der Waals surface area contributed by atoms with Gasteiger partial charge in [0, 0.05) is 6.54 Å². The van der Waals surface area contributed by atoms with E-state index in [2.05, 4.69) is 17.0 Å². The standard InChI is InChI=1S/C15H30N4/c1-2-3-4-5-6-7-8-9-10-11-12-19-14-17-15(13-16)18-19/h14H,2-13,16H2,1H3. The Labute approximate surface area is 117 Å². The summed E-state index contributed by atoms with van der Waals surface area (Å²) in [6, 6.07) is 0. The Hall–Kier alpha value is -0.900. The predicted molar refractivity (Wildman–Crippen MR) is 79.8 cm³/mol. The average Bonchev–Trinajstić information content (AvgIpc) is 2.89. The molecule has 0 aromatic carbocycles. The summed E-state index contributed by atoms with van der Waals surface area (Å²) in [6.07, 6.45) is 15.4. The van der Waals surface area contributed by atoms with E-state index in [-0.39, 0.29) is 0 Å². The summed E-state index contributed by atoms with van der Waals surface area (Å²) in [5, 5.41) is 4.29. The van der Waals surface area contributed by atoms with Crippen LogP contribution in [0.3, 0.4) is 0 Å². The maximum Gasteiger partial charge on any atom is 0.164 e. The minimum absolute atomic E-state index is 0.436. The van der Waals surface area contributed by atoms with Crippen molar-refractivity contribution in [3.63, 3.8) is 0 Å². The van der Waals surface area contributed by atoms with Crippen molar-refractivity contribution in [3.05, 3.63) is 12.2 Å². The molecule has 0 bridgehead atoms. The molecule has 0 saturated heterocycles. The van der Waals surface area contributed by atoms with Crippen LogP contribution in [0.5, 0.6) is 0 Å². The molecule has 2 N–H and O–H groups in total. The number of unbranched alkanes of at least 4 members (excludes halogenated alkanes) is 9. The number of rotatable bonds is 12. The fraction of sp³-hybridized carbons (Fsp3) is 0.867. The van der Waals surface area contributed by atoms with Gasteiger partial charge in [0.15, 0.2) is 5.82 Å². The van der Waals surface area contributed by atoms with E-state index in [9.17, 15) is 0 Å². The van der Waals surface area contributed by atoms with Gasteiger partial charge in [-0.05, 0) is 6.42 Å². The summed E-state index contributed by atoms with van der Waals surface area (Å²) in [6.45, 7) is 3.68. The number of hydrogen-bond donors (Lipinski definition) is 1. The number of aryl methyl sites for hydroxylation is 1. The quantitative estimate of drug-likeness (QED) is 0.587. The highest BCUT2D eigenvalue weighted by atomic mass is 15.3. The Balaban J connectivity index is 1.86. The lowest BCUT2D eigenvalue weighted by Gasteiger charge is -2.02. The molecule has 4 heteroatoms. The van der Waals surface area contributed by atoms with Crippen LogP contribution in [-0.2, 0) is 13.1 Å². The molecule has 0 unspecified atom stereocenters. The van der Waals surface area contributed by atoms with Gasteiger partial charge in [-0.3, -0.25) is 4.68 Å². The van der Waals surface area contributed by atoms with Crippen LogP contribution in [0.25, 0.3) is 0 Å². The molecule has 0 aliphatic carbocycles. The van der Waals surface area contributed by atoms with Crippen molar-refractivity contribution in [1.29, 1.82) is 0 Å². The van der Waals surface area contributed by atoms with E-state index in [0.717, 1.165) is 12.4 Å². The molecule has 1 aromatic heterocycles. The van der Waals surface area contributed by atoms with Crippen LogP contribution in [0.15, 0.2) is 6.33 Å². The minimum atomic E-state index is 0.436. The van der Waals surface area contributed by atoms with E-state index < -0.39 is 0 Å². The van der Waals surface area contributed by atoms with Gasteiger partial charge in [0.1, 0.15) is 6.33 Å². The lowest BCUT2D eigenvalue weighted by atomic mass is 10.1. The van der Waals surface area contributed by atoms with Crippen LogP contribution < -0.4 is 5.73 Å². The fourth-order valence-corrected chi connectivity index (χ4v) is 2.30. The van der Waals surface area contributed by atoms with Gasteiger partial charge >= 0.3 is 0 Å². The zero-order valence-corrected chi connectivity index (χ0v) is 12.5. The number of nitrogens with zero attached hydrogens (tertiary/aromatic N) is 3. The Bertz CT molecular complexity index is 309.